The zero-order valence-electron chi connectivity index (χ0n) is 19.7. The van der Waals surface area contributed by atoms with Gasteiger partial charge in [-0.25, -0.2) is 0 Å². The molecule has 6 heteroatoms. The van der Waals surface area contributed by atoms with Crippen molar-refractivity contribution in [2.45, 2.75) is 45.4 Å². The maximum absolute atomic E-state index is 13.2. The van der Waals surface area contributed by atoms with Crippen LogP contribution in [0, 0.1) is 5.92 Å². The number of ether oxygens (including phenoxy) is 1. The van der Waals surface area contributed by atoms with Crippen molar-refractivity contribution in [2.24, 2.45) is 5.92 Å². The van der Waals surface area contributed by atoms with Gasteiger partial charge < -0.3 is 15.0 Å². The Balaban J connectivity index is 2.03. The van der Waals surface area contributed by atoms with E-state index in [0.29, 0.717) is 31.2 Å². The monoisotopic (exact) mass is 456 g/mol. The van der Waals surface area contributed by atoms with Gasteiger partial charge in [0.1, 0.15) is 11.8 Å². The van der Waals surface area contributed by atoms with E-state index in [-0.39, 0.29) is 11.8 Å². The fourth-order valence-corrected chi connectivity index (χ4v) is 4.25. The molecule has 0 fully saturated rings. The zero-order valence-corrected chi connectivity index (χ0v) is 20.5. The number of benzene rings is 2. The van der Waals surface area contributed by atoms with Gasteiger partial charge in [-0.1, -0.05) is 63.2 Å². The molecule has 0 bridgehead atoms. The van der Waals surface area contributed by atoms with E-state index in [1.165, 1.54) is 0 Å². The number of thioether (sulfide) groups is 1. The smallest absolute Gasteiger partial charge is 0.242 e. The Kier molecular flexibility index (Phi) is 11.2. The fraction of sp³-hybridized carbons (Fsp3) is 0.462. The summed E-state index contributed by atoms with van der Waals surface area (Å²) in [5, 5.41) is 3.01. The summed E-state index contributed by atoms with van der Waals surface area (Å²) in [6.07, 6.45) is 1.32. The molecular weight excluding hydrogens is 420 g/mol. The van der Waals surface area contributed by atoms with Crippen LogP contribution in [0.2, 0.25) is 0 Å². The Morgan fingerprint density at radius 1 is 1.03 bits per heavy atom. The van der Waals surface area contributed by atoms with Crippen LogP contribution in [-0.2, 0) is 21.8 Å². The summed E-state index contributed by atoms with van der Waals surface area (Å²) in [6.45, 7) is 7.24. The summed E-state index contributed by atoms with van der Waals surface area (Å²) in [5.41, 5.74) is 2.30. The highest BCUT2D eigenvalue weighted by Gasteiger charge is 2.28. The van der Waals surface area contributed by atoms with Gasteiger partial charge in [-0.2, -0.15) is 0 Å². The zero-order chi connectivity index (χ0) is 23.3. The highest BCUT2D eigenvalue weighted by Crippen LogP contribution is 2.18. The van der Waals surface area contributed by atoms with Crippen LogP contribution < -0.4 is 10.1 Å². The number of carbonyl (C=O) groups excluding carboxylic acids is 2. The number of carbonyl (C=O) groups is 2. The minimum absolute atomic E-state index is 0.00555. The number of nitrogens with zero attached hydrogens (tertiary/aromatic N) is 1. The van der Waals surface area contributed by atoms with E-state index in [1.807, 2.05) is 49.4 Å². The number of hydrogen-bond acceptors (Lipinski definition) is 4. The largest absolute Gasteiger partial charge is 0.497 e. The molecule has 2 aromatic carbocycles. The van der Waals surface area contributed by atoms with Crippen molar-refractivity contribution >= 4 is 23.6 Å². The third-order valence-electron chi connectivity index (χ3n) is 5.21. The molecular formula is C26H36N2O3S. The van der Waals surface area contributed by atoms with Crippen LogP contribution in [0.1, 0.15) is 38.3 Å². The number of rotatable bonds is 13. The highest BCUT2D eigenvalue weighted by molar-refractivity contribution is 7.99. The molecule has 0 aromatic heterocycles. The predicted molar refractivity (Wildman–Crippen MR) is 133 cm³/mol. The highest BCUT2D eigenvalue weighted by atomic mass is 32.2. The Labute approximate surface area is 196 Å². The van der Waals surface area contributed by atoms with Crippen LogP contribution in [0.4, 0.5) is 0 Å². The van der Waals surface area contributed by atoms with Gasteiger partial charge in [-0.05, 0) is 42.0 Å². The van der Waals surface area contributed by atoms with Crippen molar-refractivity contribution in [3.63, 3.8) is 0 Å². The molecule has 5 nitrogen and oxygen atoms in total. The molecule has 174 valence electrons. The van der Waals surface area contributed by atoms with E-state index >= 15 is 0 Å². The summed E-state index contributed by atoms with van der Waals surface area (Å²) < 4.78 is 5.20. The quantitative estimate of drug-likeness (QED) is 0.480. The van der Waals surface area contributed by atoms with E-state index < -0.39 is 6.04 Å². The lowest BCUT2D eigenvalue weighted by molar-refractivity contribution is -0.138. The number of methoxy groups -OCH3 is 1. The van der Waals surface area contributed by atoms with Gasteiger partial charge in [0.15, 0.2) is 0 Å². The summed E-state index contributed by atoms with van der Waals surface area (Å²) in [6, 6.07) is 17.5. The average molecular weight is 457 g/mol. The van der Waals surface area contributed by atoms with Gasteiger partial charge in [0.25, 0.3) is 0 Å². The molecule has 1 N–H and O–H groups in total. The van der Waals surface area contributed by atoms with Crippen LogP contribution in [-0.4, -0.2) is 48.7 Å². The molecule has 0 aliphatic heterocycles. The van der Waals surface area contributed by atoms with E-state index in [1.54, 1.807) is 23.8 Å². The van der Waals surface area contributed by atoms with Gasteiger partial charge in [-0.15, -0.1) is 11.8 Å². The van der Waals surface area contributed by atoms with Crippen molar-refractivity contribution < 1.29 is 14.3 Å². The van der Waals surface area contributed by atoms with E-state index in [0.717, 1.165) is 29.1 Å². The lowest BCUT2D eigenvalue weighted by Crippen LogP contribution is -2.51. The minimum Gasteiger partial charge on any atom is -0.497 e. The van der Waals surface area contributed by atoms with Gasteiger partial charge in [0.2, 0.25) is 11.8 Å². The Hall–Kier alpha value is -2.47. The lowest BCUT2D eigenvalue weighted by atomic mass is 10.1. The van der Waals surface area contributed by atoms with E-state index in [4.69, 9.17) is 4.74 Å². The van der Waals surface area contributed by atoms with Gasteiger partial charge in [-0.3, -0.25) is 9.59 Å². The SMILES string of the molecule is CC[C@H](C(=O)NCC(C)C)N(CCc1ccccc1)C(=O)CSCc1ccc(OC)cc1. The first kappa shape index (κ1) is 25.8. The summed E-state index contributed by atoms with van der Waals surface area (Å²) in [5.74, 6) is 2.20. The maximum Gasteiger partial charge on any atom is 0.242 e. The van der Waals surface area contributed by atoms with Crippen LogP contribution in [0.25, 0.3) is 0 Å². The molecule has 2 amide bonds. The number of nitrogens with one attached hydrogen (secondary N) is 1. The molecule has 32 heavy (non-hydrogen) atoms. The molecule has 0 unspecified atom stereocenters. The molecule has 0 saturated heterocycles. The van der Waals surface area contributed by atoms with Crippen LogP contribution in [0.3, 0.4) is 0 Å². The second-order valence-corrected chi connectivity index (χ2v) is 9.21. The Bertz CT molecular complexity index is 825. The summed E-state index contributed by atoms with van der Waals surface area (Å²) >= 11 is 1.57. The van der Waals surface area contributed by atoms with E-state index in [9.17, 15) is 9.59 Å². The molecule has 0 aliphatic rings. The molecule has 1 atom stereocenters. The van der Waals surface area contributed by atoms with Crippen molar-refractivity contribution in [3.05, 3.63) is 65.7 Å². The van der Waals surface area contributed by atoms with Gasteiger partial charge >= 0.3 is 0 Å². The topological polar surface area (TPSA) is 58.6 Å². The van der Waals surface area contributed by atoms with Crippen molar-refractivity contribution in [2.75, 3.05) is 26.0 Å². The normalized spacial score (nSPS) is 11.8. The number of hydrogen-bond donors (Lipinski definition) is 1. The molecule has 2 aromatic rings. The van der Waals surface area contributed by atoms with Crippen LogP contribution in [0.5, 0.6) is 5.75 Å². The standard InChI is InChI=1S/C26H36N2O3S/c1-5-24(26(30)27-17-20(2)3)28(16-15-21-9-7-6-8-10-21)25(29)19-32-18-22-11-13-23(31-4)14-12-22/h6-14,20,24H,5,15-19H2,1-4H3,(H,27,30)/t24-/m1/s1. The third-order valence-corrected chi connectivity index (χ3v) is 6.20. The second-order valence-electron chi connectivity index (χ2n) is 8.23. The van der Waals surface area contributed by atoms with Crippen molar-refractivity contribution in [1.82, 2.24) is 10.2 Å². The van der Waals surface area contributed by atoms with E-state index in [2.05, 4.69) is 31.3 Å². The average Bonchev–Trinajstić information content (AvgIpc) is 2.81. The maximum atomic E-state index is 13.2. The van der Waals surface area contributed by atoms with Crippen molar-refractivity contribution in [3.8, 4) is 5.75 Å². The fourth-order valence-electron chi connectivity index (χ4n) is 3.38. The molecule has 0 heterocycles. The first-order valence-corrected chi connectivity index (χ1v) is 12.4. The summed E-state index contributed by atoms with van der Waals surface area (Å²) in [4.78, 5) is 27.8. The van der Waals surface area contributed by atoms with Crippen molar-refractivity contribution in [1.29, 1.82) is 0 Å². The van der Waals surface area contributed by atoms with Gasteiger partial charge in [0, 0.05) is 18.8 Å². The second kappa shape index (κ2) is 13.8. The molecule has 0 spiro atoms. The third kappa shape index (κ3) is 8.58. The minimum atomic E-state index is -0.452. The first-order valence-electron chi connectivity index (χ1n) is 11.3. The predicted octanol–water partition coefficient (Wildman–Crippen LogP) is 4.55. The first-order chi connectivity index (χ1) is 15.4. The Morgan fingerprint density at radius 2 is 1.72 bits per heavy atom. The van der Waals surface area contributed by atoms with Gasteiger partial charge in [0.05, 0.1) is 12.9 Å². The van der Waals surface area contributed by atoms with Crippen LogP contribution in [0.15, 0.2) is 54.6 Å². The molecule has 2 rings (SSSR count). The molecule has 0 aliphatic carbocycles. The van der Waals surface area contributed by atoms with Crippen LogP contribution >= 0.6 is 11.8 Å². The lowest BCUT2D eigenvalue weighted by Gasteiger charge is -2.31. The Morgan fingerprint density at radius 3 is 2.31 bits per heavy atom. The molecule has 0 radical (unpaired) electrons. The number of amides is 2. The molecule has 0 saturated carbocycles. The summed E-state index contributed by atoms with van der Waals surface area (Å²) in [7, 11) is 1.65.